The highest BCUT2D eigenvalue weighted by Gasteiger charge is 2.52. The molecule has 2 rings (SSSR count). The van der Waals surface area contributed by atoms with Gasteiger partial charge in [0.05, 0.1) is 16.8 Å². The van der Waals surface area contributed by atoms with E-state index in [0.29, 0.717) is 10.7 Å². The second-order valence-corrected chi connectivity index (χ2v) is 6.88. The molecule has 0 saturated carbocycles. The minimum atomic E-state index is -0.495. The van der Waals surface area contributed by atoms with Crippen LogP contribution < -0.4 is 11.3 Å². The summed E-state index contributed by atoms with van der Waals surface area (Å²) in [6.45, 7) is 10.0. The van der Waals surface area contributed by atoms with Gasteiger partial charge in [0.1, 0.15) is 5.15 Å². The van der Waals surface area contributed by atoms with Gasteiger partial charge in [0.2, 0.25) is 0 Å². The third kappa shape index (κ3) is 3.17. The van der Waals surface area contributed by atoms with Crippen LogP contribution in [0.2, 0.25) is 5.15 Å². The topological polar surface area (TPSA) is 57.4 Å². The molecule has 1 aliphatic heterocycles. The van der Waals surface area contributed by atoms with Crippen molar-refractivity contribution in [3.63, 3.8) is 0 Å². The van der Waals surface area contributed by atoms with Gasteiger partial charge in [-0.1, -0.05) is 11.6 Å². The predicted molar refractivity (Wildman–Crippen MR) is 82.3 cm³/mol. The molecule has 4 nitrogen and oxygen atoms in total. The van der Waals surface area contributed by atoms with Crippen molar-refractivity contribution in [1.82, 2.24) is 4.98 Å². The van der Waals surface area contributed by atoms with Crippen LogP contribution in [0.3, 0.4) is 0 Å². The standard InChI is InChI=1S/C14H22BClN2O2/c1-9(17)6-10-7-11(18-12(16)8-10)15-19-13(2,3)14(4,5)20-15/h7-9H,6,17H2,1-5H3. The lowest BCUT2D eigenvalue weighted by Crippen LogP contribution is -2.41. The molecule has 2 N–H and O–H groups in total. The van der Waals surface area contributed by atoms with Crippen molar-refractivity contribution in [3.05, 3.63) is 22.8 Å². The zero-order valence-electron chi connectivity index (χ0n) is 12.7. The molecule has 1 aliphatic rings. The van der Waals surface area contributed by atoms with Crippen molar-refractivity contribution in [2.24, 2.45) is 5.73 Å². The van der Waals surface area contributed by atoms with Gasteiger partial charge in [-0.3, -0.25) is 0 Å². The molecule has 6 heteroatoms. The van der Waals surface area contributed by atoms with Crippen LogP contribution in [0.25, 0.3) is 0 Å². The molecule has 2 heterocycles. The van der Waals surface area contributed by atoms with Crippen LogP contribution in [0.15, 0.2) is 12.1 Å². The van der Waals surface area contributed by atoms with Gasteiger partial charge >= 0.3 is 7.12 Å². The summed E-state index contributed by atoms with van der Waals surface area (Å²) in [5, 5.41) is 0.438. The lowest BCUT2D eigenvalue weighted by Gasteiger charge is -2.32. The van der Waals surface area contributed by atoms with E-state index in [0.717, 1.165) is 12.0 Å². The number of rotatable bonds is 3. The van der Waals surface area contributed by atoms with E-state index in [2.05, 4.69) is 4.98 Å². The second kappa shape index (κ2) is 5.30. The van der Waals surface area contributed by atoms with Crippen molar-refractivity contribution in [3.8, 4) is 0 Å². The highest BCUT2D eigenvalue weighted by atomic mass is 35.5. The van der Waals surface area contributed by atoms with Crippen LogP contribution in [-0.2, 0) is 15.7 Å². The fraction of sp³-hybridized carbons (Fsp3) is 0.643. The minimum Gasteiger partial charge on any atom is -0.398 e. The van der Waals surface area contributed by atoms with Crippen LogP contribution in [0, 0.1) is 0 Å². The molecule has 1 atom stereocenters. The first-order valence-electron chi connectivity index (χ1n) is 6.88. The summed E-state index contributed by atoms with van der Waals surface area (Å²) in [5.41, 5.74) is 6.81. The molecular weight excluding hydrogens is 274 g/mol. The molecule has 0 aromatic carbocycles. The Morgan fingerprint density at radius 1 is 1.25 bits per heavy atom. The van der Waals surface area contributed by atoms with Gasteiger partial charge in [-0.05, 0) is 58.7 Å². The van der Waals surface area contributed by atoms with Gasteiger partial charge in [-0.15, -0.1) is 0 Å². The third-order valence-corrected chi connectivity index (χ3v) is 4.12. The van der Waals surface area contributed by atoms with E-state index in [1.807, 2.05) is 46.8 Å². The maximum atomic E-state index is 6.09. The van der Waals surface area contributed by atoms with Crippen molar-refractivity contribution in [2.75, 3.05) is 0 Å². The van der Waals surface area contributed by atoms with Gasteiger partial charge in [0.25, 0.3) is 0 Å². The number of hydrogen-bond acceptors (Lipinski definition) is 4. The summed E-state index contributed by atoms with van der Waals surface area (Å²) in [6.07, 6.45) is 0.745. The SMILES string of the molecule is CC(N)Cc1cc(Cl)nc(B2OC(C)(C)C(C)(C)O2)c1. The predicted octanol–water partition coefficient (Wildman–Crippen LogP) is 1.92. The first kappa shape index (κ1) is 15.8. The van der Waals surface area contributed by atoms with E-state index in [9.17, 15) is 0 Å². The first-order chi connectivity index (χ1) is 9.10. The van der Waals surface area contributed by atoms with Gasteiger partial charge in [0.15, 0.2) is 0 Å². The van der Waals surface area contributed by atoms with Gasteiger partial charge in [-0.2, -0.15) is 0 Å². The minimum absolute atomic E-state index is 0.0691. The average molecular weight is 297 g/mol. The van der Waals surface area contributed by atoms with Crippen molar-refractivity contribution in [2.45, 2.75) is 58.3 Å². The number of halogens is 1. The van der Waals surface area contributed by atoms with E-state index >= 15 is 0 Å². The quantitative estimate of drug-likeness (QED) is 0.684. The number of aromatic nitrogens is 1. The molecule has 110 valence electrons. The summed E-state index contributed by atoms with van der Waals surface area (Å²) >= 11 is 6.09. The van der Waals surface area contributed by atoms with Gasteiger partial charge < -0.3 is 15.0 Å². The average Bonchev–Trinajstić information content (AvgIpc) is 2.46. The Bertz CT molecular complexity index is 490. The smallest absolute Gasteiger partial charge is 0.398 e. The Balaban J connectivity index is 2.28. The zero-order valence-corrected chi connectivity index (χ0v) is 13.5. The molecule has 0 spiro atoms. The number of nitrogens with two attached hydrogens (primary N) is 1. The maximum absolute atomic E-state index is 6.09. The Morgan fingerprint density at radius 2 is 1.80 bits per heavy atom. The number of nitrogens with zero attached hydrogens (tertiary/aromatic N) is 1. The van der Waals surface area contributed by atoms with E-state index in [1.54, 1.807) is 0 Å². The van der Waals surface area contributed by atoms with Crippen LogP contribution in [0.1, 0.15) is 40.2 Å². The third-order valence-electron chi connectivity index (χ3n) is 3.93. The normalized spacial score (nSPS) is 22.1. The largest absolute Gasteiger partial charge is 0.514 e. The molecular formula is C14H22BClN2O2. The fourth-order valence-electron chi connectivity index (χ4n) is 2.15. The van der Waals surface area contributed by atoms with Crippen LogP contribution in [-0.4, -0.2) is 29.3 Å². The highest BCUT2D eigenvalue weighted by Crippen LogP contribution is 2.36. The highest BCUT2D eigenvalue weighted by molar-refractivity contribution is 6.61. The van der Waals surface area contributed by atoms with Crippen LogP contribution in [0.4, 0.5) is 0 Å². The van der Waals surface area contributed by atoms with Crippen LogP contribution in [0.5, 0.6) is 0 Å². The Labute approximate surface area is 126 Å². The molecule has 1 saturated heterocycles. The summed E-state index contributed by atoms with van der Waals surface area (Å²) < 4.78 is 12.0. The van der Waals surface area contributed by atoms with Crippen molar-refractivity contribution in [1.29, 1.82) is 0 Å². The molecule has 1 aromatic heterocycles. The Kier molecular flexibility index (Phi) is 4.18. The van der Waals surface area contributed by atoms with E-state index in [1.165, 1.54) is 0 Å². The van der Waals surface area contributed by atoms with E-state index < -0.39 is 7.12 Å². The summed E-state index contributed by atoms with van der Waals surface area (Å²) in [7, 11) is -0.495. The number of hydrogen-bond donors (Lipinski definition) is 1. The molecule has 0 amide bonds. The maximum Gasteiger partial charge on any atom is 0.514 e. The molecule has 1 fully saturated rings. The number of pyridine rings is 1. The second-order valence-electron chi connectivity index (χ2n) is 6.49. The lowest BCUT2D eigenvalue weighted by atomic mass is 9.83. The molecule has 0 bridgehead atoms. The Hall–Kier alpha value is -0.615. The van der Waals surface area contributed by atoms with Gasteiger partial charge in [-0.25, -0.2) is 4.98 Å². The Morgan fingerprint density at radius 3 is 2.30 bits per heavy atom. The molecule has 1 aromatic rings. The first-order valence-corrected chi connectivity index (χ1v) is 7.26. The van der Waals surface area contributed by atoms with E-state index in [4.69, 9.17) is 26.6 Å². The summed E-state index contributed by atoms with van der Waals surface area (Å²) in [5.74, 6) is 0. The zero-order chi connectivity index (χ0) is 15.1. The van der Waals surface area contributed by atoms with Gasteiger partial charge in [0, 0.05) is 6.04 Å². The monoisotopic (exact) mass is 296 g/mol. The lowest BCUT2D eigenvalue weighted by molar-refractivity contribution is 0.00578. The fourth-order valence-corrected chi connectivity index (χ4v) is 2.38. The molecule has 0 aliphatic carbocycles. The van der Waals surface area contributed by atoms with Crippen molar-refractivity contribution >= 4 is 24.3 Å². The van der Waals surface area contributed by atoms with Crippen LogP contribution >= 0.6 is 11.6 Å². The summed E-state index contributed by atoms with van der Waals surface area (Å²) in [4.78, 5) is 4.33. The molecule has 20 heavy (non-hydrogen) atoms. The molecule has 1 unspecified atom stereocenters. The van der Waals surface area contributed by atoms with Crippen molar-refractivity contribution < 1.29 is 9.31 Å². The summed E-state index contributed by atoms with van der Waals surface area (Å²) in [6, 6.07) is 3.86. The van der Waals surface area contributed by atoms with E-state index in [-0.39, 0.29) is 17.2 Å². The molecule has 0 radical (unpaired) electrons.